The van der Waals surface area contributed by atoms with Crippen LogP contribution in [0.5, 0.6) is 0 Å². The van der Waals surface area contributed by atoms with E-state index in [4.69, 9.17) is 6.42 Å². The van der Waals surface area contributed by atoms with Gasteiger partial charge in [0.15, 0.2) is 0 Å². The van der Waals surface area contributed by atoms with Crippen molar-refractivity contribution in [3.8, 4) is 12.3 Å². The number of aliphatic hydroxyl groups excluding tert-OH is 1. The number of aliphatic hydroxyl groups is 2. The SMILES string of the molecule is C#C[C@@]1(O)CC[C@H]2[C@@H]3CCC4=C(CC[C@H](O)C4)[C@H]3CC[C@@]21C. The second-order valence-corrected chi connectivity index (χ2v) is 8.44. The lowest BCUT2D eigenvalue weighted by Gasteiger charge is -2.53. The van der Waals surface area contributed by atoms with Crippen LogP contribution in [-0.4, -0.2) is 21.9 Å². The summed E-state index contributed by atoms with van der Waals surface area (Å²) in [5.74, 6) is 4.73. The number of rotatable bonds is 0. The van der Waals surface area contributed by atoms with Crippen molar-refractivity contribution in [1.29, 1.82) is 0 Å². The Kier molecular flexibility index (Phi) is 3.26. The molecule has 0 aliphatic heterocycles. The first-order valence-electron chi connectivity index (χ1n) is 9.07. The van der Waals surface area contributed by atoms with E-state index in [1.165, 1.54) is 12.8 Å². The van der Waals surface area contributed by atoms with Gasteiger partial charge in [-0.05, 0) is 75.5 Å². The van der Waals surface area contributed by atoms with Gasteiger partial charge in [-0.25, -0.2) is 0 Å². The van der Waals surface area contributed by atoms with Gasteiger partial charge in [0.25, 0.3) is 0 Å². The Labute approximate surface area is 134 Å². The second-order valence-electron chi connectivity index (χ2n) is 8.44. The highest BCUT2D eigenvalue weighted by Gasteiger charge is 2.61. The number of hydrogen-bond donors (Lipinski definition) is 2. The second kappa shape index (κ2) is 4.86. The van der Waals surface area contributed by atoms with Gasteiger partial charge < -0.3 is 10.2 Å². The fourth-order valence-corrected chi connectivity index (χ4v) is 6.44. The minimum Gasteiger partial charge on any atom is -0.393 e. The molecule has 120 valence electrons. The highest BCUT2D eigenvalue weighted by Crippen LogP contribution is 2.64. The molecular formula is C20H28O2. The van der Waals surface area contributed by atoms with Crippen LogP contribution in [0, 0.1) is 35.5 Å². The molecule has 0 saturated heterocycles. The molecule has 0 aromatic rings. The van der Waals surface area contributed by atoms with Gasteiger partial charge in [0.1, 0.15) is 5.60 Å². The lowest BCUT2D eigenvalue weighted by atomic mass is 9.52. The summed E-state index contributed by atoms with van der Waals surface area (Å²) >= 11 is 0. The summed E-state index contributed by atoms with van der Waals surface area (Å²) in [6, 6.07) is 0. The molecule has 0 amide bonds. The average molecular weight is 300 g/mol. The summed E-state index contributed by atoms with van der Waals surface area (Å²) in [6.07, 6.45) is 15.0. The molecule has 0 spiro atoms. The van der Waals surface area contributed by atoms with Crippen molar-refractivity contribution in [2.24, 2.45) is 23.2 Å². The Bertz CT molecular complexity index is 557. The van der Waals surface area contributed by atoms with Crippen LogP contribution in [0.15, 0.2) is 11.1 Å². The molecule has 0 radical (unpaired) electrons. The molecule has 6 atom stereocenters. The molecular weight excluding hydrogens is 272 g/mol. The smallest absolute Gasteiger partial charge is 0.130 e. The van der Waals surface area contributed by atoms with Crippen molar-refractivity contribution in [2.75, 3.05) is 0 Å². The summed E-state index contributed by atoms with van der Waals surface area (Å²) < 4.78 is 0. The van der Waals surface area contributed by atoms with Crippen LogP contribution in [0.2, 0.25) is 0 Å². The summed E-state index contributed by atoms with van der Waals surface area (Å²) in [4.78, 5) is 0. The van der Waals surface area contributed by atoms with E-state index in [1.807, 2.05) is 0 Å². The Morgan fingerprint density at radius 1 is 1.14 bits per heavy atom. The van der Waals surface area contributed by atoms with E-state index in [-0.39, 0.29) is 11.5 Å². The first kappa shape index (κ1) is 14.8. The molecule has 2 nitrogen and oxygen atoms in total. The third-order valence-electron chi connectivity index (χ3n) is 7.74. The van der Waals surface area contributed by atoms with Gasteiger partial charge in [0.2, 0.25) is 0 Å². The molecule has 2 heteroatoms. The highest BCUT2D eigenvalue weighted by molar-refractivity contribution is 5.30. The monoisotopic (exact) mass is 300 g/mol. The van der Waals surface area contributed by atoms with E-state index in [1.54, 1.807) is 11.1 Å². The van der Waals surface area contributed by atoms with Crippen LogP contribution in [0.25, 0.3) is 0 Å². The molecule has 0 unspecified atom stereocenters. The van der Waals surface area contributed by atoms with Crippen molar-refractivity contribution in [2.45, 2.75) is 76.4 Å². The van der Waals surface area contributed by atoms with Gasteiger partial charge in [-0.2, -0.15) is 0 Å². The molecule has 2 fully saturated rings. The first-order chi connectivity index (χ1) is 10.5. The van der Waals surface area contributed by atoms with Gasteiger partial charge in [0, 0.05) is 5.41 Å². The van der Waals surface area contributed by atoms with Crippen LogP contribution < -0.4 is 0 Å². The summed E-state index contributed by atoms with van der Waals surface area (Å²) in [6.45, 7) is 2.25. The van der Waals surface area contributed by atoms with E-state index in [0.717, 1.165) is 44.9 Å². The van der Waals surface area contributed by atoms with Gasteiger partial charge in [0.05, 0.1) is 6.10 Å². The fraction of sp³-hybridized carbons (Fsp3) is 0.800. The van der Waals surface area contributed by atoms with Gasteiger partial charge in [-0.1, -0.05) is 24.0 Å². The maximum Gasteiger partial charge on any atom is 0.130 e. The van der Waals surface area contributed by atoms with Crippen molar-refractivity contribution < 1.29 is 10.2 Å². The average Bonchev–Trinajstić information content (AvgIpc) is 2.79. The molecule has 2 N–H and O–H groups in total. The third kappa shape index (κ3) is 1.82. The standard InChI is InChI=1S/C20H28O2/c1-3-20(22)11-9-18-17-6-4-13-12-14(21)5-7-15(13)16(17)8-10-19(18,20)2/h1,14,16-18,21-22H,4-12H2,2H3/t14-,16+,17+,18-,19-,20+/m0/s1. The van der Waals surface area contributed by atoms with E-state index in [9.17, 15) is 10.2 Å². The van der Waals surface area contributed by atoms with Crippen molar-refractivity contribution in [3.63, 3.8) is 0 Å². The Hall–Kier alpha value is -0.780. The molecule has 2 saturated carbocycles. The quantitative estimate of drug-likeness (QED) is 0.531. The molecule has 0 heterocycles. The Morgan fingerprint density at radius 3 is 2.73 bits per heavy atom. The van der Waals surface area contributed by atoms with Gasteiger partial charge in [-0.3, -0.25) is 0 Å². The van der Waals surface area contributed by atoms with E-state index < -0.39 is 5.60 Å². The highest BCUT2D eigenvalue weighted by atomic mass is 16.3. The lowest BCUT2D eigenvalue weighted by molar-refractivity contribution is -0.0714. The predicted molar refractivity (Wildman–Crippen MR) is 86.9 cm³/mol. The van der Waals surface area contributed by atoms with Crippen LogP contribution in [0.3, 0.4) is 0 Å². The lowest BCUT2D eigenvalue weighted by Crippen LogP contribution is -2.50. The molecule has 0 aromatic carbocycles. The summed E-state index contributed by atoms with van der Waals surface area (Å²) in [5.41, 5.74) is 2.27. The van der Waals surface area contributed by atoms with Crippen molar-refractivity contribution >= 4 is 0 Å². The predicted octanol–water partition coefficient (Wildman–Crippen LogP) is 3.43. The van der Waals surface area contributed by atoms with E-state index >= 15 is 0 Å². The molecule has 0 aromatic heterocycles. The Balaban J connectivity index is 1.66. The number of hydrogen-bond acceptors (Lipinski definition) is 2. The maximum absolute atomic E-state index is 10.9. The molecule has 4 rings (SSSR count). The fourth-order valence-electron chi connectivity index (χ4n) is 6.44. The zero-order valence-corrected chi connectivity index (χ0v) is 13.6. The van der Waals surface area contributed by atoms with Crippen LogP contribution in [0.4, 0.5) is 0 Å². The summed E-state index contributed by atoms with van der Waals surface area (Å²) in [7, 11) is 0. The summed E-state index contributed by atoms with van der Waals surface area (Å²) in [5, 5.41) is 20.9. The van der Waals surface area contributed by atoms with E-state index in [2.05, 4.69) is 12.8 Å². The minimum atomic E-state index is -0.889. The van der Waals surface area contributed by atoms with Crippen LogP contribution >= 0.6 is 0 Å². The molecule has 0 bridgehead atoms. The van der Waals surface area contributed by atoms with Gasteiger partial charge in [-0.15, -0.1) is 6.42 Å². The Morgan fingerprint density at radius 2 is 1.95 bits per heavy atom. The zero-order valence-electron chi connectivity index (χ0n) is 13.6. The van der Waals surface area contributed by atoms with E-state index in [0.29, 0.717) is 17.8 Å². The van der Waals surface area contributed by atoms with Crippen LogP contribution in [0.1, 0.15) is 64.7 Å². The largest absolute Gasteiger partial charge is 0.393 e. The number of fused-ring (bicyclic) bond motifs is 4. The molecule has 4 aliphatic rings. The van der Waals surface area contributed by atoms with Crippen molar-refractivity contribution in [3.05, 3.63) is 11.1 Å². The number of allylic oxidation sites excluding steroid dienone is 1. The molecule has 4 aliphatic carbocycles. The first-order valence-corrected chi connectivity index (χ1v) is 9.07. The minimum absolute atomic E-state index is 0.0881. The maximum atomic E-state index is 10.9. The van der Waals surface area contributed by atoms with Gasteiger partial charge >= 0.3 is 0 Å². The molecule has 22 heavy (non-hydrogen) atoms. The van der Waals surface area contributed by atoms with Crippen LogP contribution in [-0.2, 0) is 0 Å². The topological polar surface area (TPSA) is 40.5 Å². The number of terminal acetylenes is 1. The third-order valence-corrected chi connectivity index (χ3v) is 7.74. The normalized spacial score (nSPS) is 50.8. The zero-order chi connectivity index (χ0) is 15.5. The van der Waals surface area contributed by atoms with Crippen molar-refractivity contribution in [1.82, 2.24) is 0 Å².